The van der Waals surface area contributed by atoms with Crippen molar-refractivity contribution in [3.05, 3.63) is 81.4 Å². The first-order chi connectivity index (χ1) is 14.4. The van der Waals surface area contributed by atoms with E-state index >= 15 is 0 Å². The molecular formula is C22H17N3O5. The van der Waals surface area contributed by atoms with Crippen LogP contribution in [0.2, 0.25) is 0 Å². The zero-order valence-corrected chi connectivity index (χ0v) is 16.3. The lowest BCUT2D eigenvalue weighted by Crippen LogP contribution is -2.31. The molecule has 1 heterocycles. The zero-order valence-electron chi connectivity index (χ0n) is 16.3. The summed E-state index contributed by atoms with van der Waals surface area (Å²) in [7, 11) is 0. The average molecular weight is 403 g/mol. The molecule has 30 heavy (non-hydrogen) atoms. The highest BCUT2D eigenvalue weighted by molar-refractivity contribution is 6.25. The predicted octanol–water partition coefficient (Wildman–Crippen LogP) is 3.75. The fraction of sp³-hybridized carbons (Fsp3) is 0.136. The van der Waals surface area contributed by atoms with E-state index in [4.69, 9.17) is 4.74 Å². The smallest absolute Gasteiger partial charge is 0.347 e. The van der Waals surface area contributed by atoms with Crippen LogP contribution >= 0.6 is 0 Å². The van der Waals surface area contributed by atoms with E-state index in [1.807, 2.05) is 24.3 Å². The maximum Gasteiger partial charge on any atom is 0.347 e. The van der Waals surface area contributed by atoms with Gasteiger partial charge in [-0.1, -0.05) is 36.4 Å². The molecule has 0 fully saturated rings. The van der Waals surface area contributed by atoms with Gasteiger partial charge >= 0.3 is 5.70 Å². The molecule has 8 nitrogen and oxygen atoms in total. The van der Waals surface area contributed by atoms with Gasteiger partial charge in [0.1, 0.15) is 0 Å². The third-order valence-corrected chi connectivity index (χ3v) is 4.88. The molecule has 1 N–H and O–H groups in total. The topological polar surface area (TPSA) is 111 Å². The number of para-hydroxylation sites is 2. The summed E-state index contributed by atoms with van der Waals surface area (Å²) < 4.78 is 5.23. The van der Waals surface area contributed by atoms with Gasteiger partial charge in [-0.05, 0) is 26.0 Å². The number of benzene rings is 2. The van der Waals surface area contributed by atoms with Gasteiger partial charge in [-0.3, -0.25) is 19.7 Å². The lowest BCUT2D eigenvalue weighted by molar-refractivity contribution is -0.419. The number of hydrogen-bond donors (Lipinski definition) is 1. The van der Waals surface area contributed by atoms with Crippen LogP contribution in [0.15, 0.2) is 71.3 Å². The molecule has 150 valence electrons. The summed E-state index contributed by atoms with van der Waals surface area (Å²) >= 11 is 0. The number of nitro groups is 1. The molecule has 0 radical (unpaired) electrons. The minimum atomic E-state index is -0.927. The summed E-state index contributed by atoms with van der Waals surface area (Å²) in [6.45, 7) is 3.17. The van der Waals surface area contributed by atoms with Crippen LogP contribution in [0.3, 0.4) is 0 Å². The number of ether oxygens (including phenoxy) is 1. The highest BCUT2D eigenvalue weighted by Gasteiger charge is 2.42. The Bertz CT molecular complexity index is 1250. The van der Waals surface area contributed by atoms with Crippen molar-refractivity contribution in [1.29, 1.82) is 0 Å². The Hall–Kier alpha value is -4.07. The Kier molecular flexibility index (Phi) is 4.75. The Labute approximate surface area is 171 Å². The van der Waals surface area contributed by atoms with Gasteiger partial charge in [0.2, 0.25) is 5.78 Å². The molecule has 0 saturated carbocycles. The van der Waals surface area contributed by atoms with Crippen LogP contribution in [-0.4, -0.2) is 28.1 Å². The maximum atomic E-state index is 13.0. The number of nitrogens with zero attached hydrogens (tertiary/aromatic N) is 2. The molecule has 1 aliphatic rings. The van der Waals surface area contributed by atoms with Crippen molar-refractivity contribution in [3.8, 4) is 0 Å². The molecule has 8 heteroatoms. The number of ketones is 2. The van der Waals surface area contributed by atoms with Gasteiger partial charge in [-0.25, -0.2) is 4.98 Å². The van der Waals surface area contributed by atoms with Crippen LogP contribution in [0.1, 0.15) is 13.8 Å². The SMILES string of the molecule is CCOC1=C(C)C(=O)C(Nc2c3ccccc3nc3ccccc23)=C([N+](=O)[O-])C1=O. The number of hydrogen-bond acceptors (Lipinski definition) is 7. The fourth-order valence-electron chi connectivity index (χ4n) is 3.50. The number of anilines is 1. The van der Waals surface area contributed by atoms with Crippen molar-refractivity contribution >= 4 is 39.1 Å². The van der Waals surface area contributed by atoms with E-state index in [-0.39, 0.29) is 23.6 Å². The largest absolute Gasteiger partial charge is 0.489 e. The van der Waals surface area contributed by atoms with E-state index in [2.05, 4.69) is 10.3 Å². The molecule has 0 spiro atoms. The summed E-state index contributed by atoms with van der Waals surface area (Å²) in [6, 6.07) is 14.5. The standard InChI is InChI=1S/C22H17N3O5/c1-3-30-22-12(2)20(26)18(19(21(22)27)25(28)29)24-17-13-8-4-6-10-15(13)23-16-11-7-5-9-14(16)17/h4-11H,3H2,1-2H3,(H,23,24). The monoisotopic (exact) mass is 403 g/mol. The fourth-order valence-corrected chi connectivity index (χ4v) is 3.50. The molecule has 0 saturated heterocycles. The molecule has 0 atom stereocenters. The third-order valence-electron chi connectivity index (χ3n) is 4.88. The van der Waals surface area contributed by atoms with Crippen molar-refractivity contribution in [2.24, 2.45) is 0 Å². The van der Waals surface area contributed by atoms with Crippen LogP contribution in [-0.2, 0) is 14.3 Å². The molecule has 2 aromatic carbocycles. The summed E-state index contributed by atoms with van der Waals surface area (Å²) in [4.78, 5) is 41.3. The number of allylic oxidation sites excluding steroid dienone is 1. The predicted molar refractivity (Wildman–Crippen MR) is 111 cm³/mol. The van der Waals surface area contributed by atoms with Crippen molar-refractivity contribution in [2.45, 2.75) is 13.8 Å². The van der Waals surface area contributed by atoms with Crippen LogP contribution in [0, 0.1) is 10.1 Å². The van der Waals surface area contributed by atoms with E-state index in [1.54, 1.807) is 31.2 Å². The van der Waals surface area contributed by atoms with Gasteiger partial charge in [-0.2, -0.15) is 0 Å². The Morgan fingerprint density at radius 2 is 1.57 bits per heavy atom. The van der Waals surface area contributed by atoms with Crippen LogP contribution < -0.4 is 5.32 Å². The molecule has 0 amide bonds. The van der Waals surface area contributed by atoms with E-state index < -0.39 is 22.2 Å². The van der Waals surface area contributed by atoms with Crippen LogP contribution in [0.4, 0.5) is 5.69 Å². The van der Waals surface area contributed by atoms with Crippen LogP contribution in [0.5, 0.6) is 0 Å². The summed E-state index contributed by atoms with van der Waals surface area (Å²) in [6.07, 6.45) is 0. The first kappa shape index (κ1) is 19.3. The van der Waals surface area contributed by atoms with E-state index in [0.717, 1.165) is 0 Å². The highest BCUT2D eigenvalue weighted by Crippen LogP contribution is 2.34. The van der Waals surface area contributed by atoms with E-state index in [1.165, 1.54) is 6.92 Å². The Balaban J connectivity index is 1.97. The van der Waals surface area contributed by atoms with Crippen molar-refractivity contribution in [2.75, 3.05) is 11.9 Å². The van der Waals surface area contributed by atoms with Gasteiger partial charge in [0, 0.05) is 16.3 Å². The number of nitrogens with one attached hydrogen (secondary N) is 1. The molecule has 3 aromatic rings. The number of carbonyl (C=O) groups excluding carboxylic acids is 2. The molecule has 4 rings (SSSR count). The average Bonchev–Trinajstić information content (AvgIpc) is 2.74. The first-order valence-electron chi connectivity index (χ1n) is 9.30. The molecule has 1 aliphatic carbocycles. The molecule has 0 aliphatic heterocycles. The summed E-state index contributed by atoms with van der Waals surface area (Å²) in [5.74, 6) is -1.87. The zero-order chi connectivity index (χ0) is 21.4. The third kappa shape index (κ3) is 2.98. The molecular weight excluding hydrogens is 386 g/mol. The van der Waals surface area contributed by atoms with Gasteiger partial charge in [0.25, 0.3) is 5.78 Å². The lowest BCUT2D eigenvalue weighted by Gasteiger charge is -2.20. The quantitative estimate of drug-likeness (QED) is 0.299. The van der Waals surface area contributed by atoms with Gasteiger partial charge < -0.3 is 10.1 Å². The first-order valence-corrected chi connectivity index (χ1v) is 9.30. The van der Waals surface area contributed by atoms with Gasteiger partial charge in [-0.15, -0.1) is 0 Å². The number of fused-ring (bicyclic) bond motifs is 2. The Morgan fingerprint density at radius 3 is 2.10 bits per heavy atom. The van der Waals surface area contributed by atoms with Crippen molar-refractivity contribution < 1.29 is 19.2 Å². The van der Waals surface area contributed by atoms with Crippen molar-refractivity contribution in [1.82, 2.24) is 4.98 Å². The normalized spacial score (nSPS) is 14.6. The summed E-state index contributed by atoms with van der Waals surface area (Å²) in [5, 5.41) is 16.0. The molecule has 1 aromatic heterocycles. The number of aromatic nitrogens is 1. The molecule has 0 bridgehead atoms. The number of carbonyl (C=O) groups is 2. The second-order valence-electron chi connectivity index (χ2n) is 6.67. The summed E-state index contributed by atoms with van der Waals surface area (Å²) in [5.41, 5.74) is 0.584. The minimum absolute atomic E-state index is 0.0256. The van der Waals surface area contributed by atoms with Crippen molar-refractivity contribution in [3.63, 3.8) is 0 Å². The Morgan fingerprint density at radius 1 is 1.00 bits per heavy atom. The lowest BCUT2D eigenvalue weighted by atomic mass is 9.96. The second-order valence-corrected chi connectivity index (χ2v) is 6.67. The van der Waals surface area contributed by atoms with E-state index in [9.17, 15) is 19.7 Å². The molecule has 0 unspecified atom stereocenters. The number of pyridine rings is 1. The van der Waals surface area contributed by atoms with E-state index in [0.29, 0.717) is 27.5 Å². The number of Topliss-reactive ketones (excluding diaryl/α,β-unsaturated/α-hetero) is 2. The highest BCUT2D eigenvalue weighted by atomic mass is 16.6. The van der Waals surface area contributed by atoms with Gasteiger partial charge in [0.05, 0.1) is 28.3 Å². The van der Waals surface area contributed by atoms with Crippen LogP contribution in [0.25, 0.3) is 21.8 Å². The minimum Gasteiger partial charge on any atom is -0.489 e. The van der Waals surface area contributed by atoms with Gasteiger partial charge in [0.15, 0.2) is 11.5 Å². The number of rotatable bonds is 5. The maximum absolute atomic E-state index is 13.0. The second kappa shape index (κ2) is 7.40.